The van der Waals surface area contributed by atoms with Gasteiger partial charge in [-0.1, -0.05) is 59.2 Å². The topological polar surface area (TPSA) is 59.3 Å². The molecule has 3 aromatic rings. The van der Waals surface area contributed by atoms with Crippen molar-refractivity contribution < 1.29 is 4.79 Å². The summed E-state index contributed by atoms with van der Waals surface area (Å²) in [6, 6.07) is 13.0. The molecule has 25 heavy (non-hydrogen) atoms. The fourth-order valence-corrected chi connectivity index (χ4v) is 3.35. The number of aryl methyl sites for hydroxylation is 1. The van der Waals surface area contributed by atoms with Gasteiger partial charge in [0.2, 0.25) is 0 Å². The normalized spacial score (nSPS) is 11.3. The maximum absolute atomic E-state index is 11.9. The van der Waals surface area contributed by atoms with E-state index in [-0.39, 0.29) is 11.7 Å². The van der Waals surface area contributed by atoms with Crippen LogP contribution in [0, 0.1) is 0 Å². The molecule has 2 aromatic carbocycles. The molecule has 0 saturated heterocycles. The molecule has 0 radical (unpaired) electrons. The summed E-state index contributed by atoms with van der Waals surface area (Å²) >= 11 is 13.3. The van der Waals surface area contributed by atoms with Gasteiger partial charge < -0.3 is 4.57 Å². The fourth-order valence-electron chi connectivity index (χ4n) is 2.21. The summed E-state index contributed by atoms with van der Waals surface area (Å²) in [5.41, 5.74) is 5.04. The number of imidazole rings is 1. The quantitative estimate of drug-likeness (QED) is 0.403. The molecule has 0 atom stereocenters. The Morgan fingerprint density at radius 2 is 2.08 bits per heavy atom. The second-order valence-corrected chi connectivity index (χ2v) is 6.89. The fraction of sp³-hybridized carbons (Fsp3) is 0.118. The van der Waals surface area contributed by atoms with Crippen molar-refractivity contribution in [3.05, 3.63) is 58.1 Å². The molecule has 5 nitrogen and oxygen atoms in total. The zero-order valence-electron chi connectivity index (χ0n) is 13.2. The minimum atomic E-state index is -0.230. The van der Waals surface area contributed by atoms with Crippen molar-refractivity contribution in [1.82, 2.24) is 15.0 Å². The molecule has 3 rings (SSSR count). The van der Waals surface area contributed by atoms with Crippen LogP contribution in [0.3, 0.4) is 0 Å². The molecule has 0 spiro atoms. The van der Waals surface area contributed by atoms with Gasteiger partial charge in [-0.05, 0) is 18.2 Å². The molecule has 0 unspecified atom stereocenters. The molecule has 0 saturated carbocycles. The number of nitrogens with one attached hydrogen (secondary N) is 1. The van der Waals surface area contributed by atoms with E-state index in [1.165, 1.54) is 18.0 Å². The summed E-state index contributed by atoms with van der Waals surface area (Å²) < 4.78 is 1.96. The highest BCUT2D eigenvalue weighted by atomic mass is 35.5. The van der Waals surface area contributed by atoms with Crippen LogP contribution in [-0.4, -0.2) is 27.4 Å². The number of hydrazone groups is 1. The van der Waals surface area contributed by atoms with E-state index in [4.69, 9.17) is 23.2 Å². The first kappa shape index (κ1) is 17.8. The van der Waals surface area contributed by atoms with E-state index in [2.05, 4.69) is 15.5 Å². The second kappa shape index (κ2) is 7.91. The third-order valence-corrected chi connectivity index (χ3v) is 5.32. The maximum Gasteiger partial charge on any atom is 0.250 e. The molecular weight excluding hydrogens is 379 g/mol. The van der Waals surface area contributed by atoms with E-state index in [0.717, 1.165) is 16.2 Å². The van der Waals surface area contributed by atoms with E-state index < -0.39 is 0 Å². The van der Waals surface area contributed by atoms with Crippen LogP contribution in [-0.2, 0) is 11.8 Å². The summed E-state index contributed by atoms with van der Waals surface area (Å²) in [6.07, 6.45) is 1.46. The predicted molar refractivity (Wildman–Crippen MR) is 104 cm³/mol. The molecule has 0 aliphatic heterocycles. The molecule has 0 fully saturated rings. The number of carbonyl (C=O) groups excluding carboxylic acids is 1. The molecule has 1 N–H and O–H groups in total. The average molecular weight is 393 g/mol. The van der Waals surface area contributed by atoms with Crippen molar-refractivity contribution in [1.29, 1.82) is 0 Å². The van der Waals surface area contributed by atoms with Gasteiger partial charge in [0.05, 0.1) is 33.0 Å². The Labute approximate surface area is 159 Å². The molecule has 128 valence electrons. The Hall–Kier alpha value is -2.02. The first-order valence-corrected chi connectivity index (χ1v) is 9.10. The minimum Gasteiger partial charge on any atom is -0.322 e. The summed E-state index contributed by atoms with van der Waals surface area (Å²) in [5, 5.41) is 5.53. The van der Waals surface area contributed by atoms with Gasteiger partial charge in [0, 0.05) is 12.6 Å². The molecule has 1 amide bonds. The Balaban J connectivity index is 1.58. The molecule has 1 aromatic heterocycles. The smallest absolute Gasteiger partial charge is 0.250 e. The Kier molecular flexibility index (Phi) is 5.63. The summed E-state index contributed by atoms with van der Waals surface area (Å²) in [5.74, 6) is -0.0240. The number of fused-ring (bicyclic) bond motifs is 1. The van der Waals surface area contributed by atoms with Gasteiger partial charge in [-0.25, -0.2) is 10.4 Å². The predicted octanol–water partition coefficient (Wildman–Crippen LogP) is 4.12. The van der Waals surface area contributed by atoms with Crippen LogP contribution in [0.4, 0.5) is 0 Å². The third-order valence-electron chi connectivity index (χ3n) is 3.45. The number of halogens is 2. The monoisotopic (exact) mass is 392 g/mol. The second-order valence-electron chi connectivity index (χ2n) is 5.17. The van der Waals surface area contributed by atoms with E-state index >= 15 is 0 Å². The number of hydrogen-bond donors (Lipinski definition) is 1. The molecule has 1 heterocycles. The van der Waals surface area contributed by atoms with Crippen LogP contribution in [0.5, 0.6) is 0 Å². The van der Waals surface area contributed by atoms with E-state index in [0.29, 0.717) is 15.6 Å². The summed E-state index contributed by atoms with van der Waals surface area (Å²) in [4.78, 5) is 16.5. The van der Waals surface area contributed by atoms with E-state index in [9.17, 15) is 4.79 Å². The van der Waals surface area contributed by atoms with Gasteiger partial charge >= 0.3 is 0 Å². The Morgan fingerprint density at radius 1 is 1.28 bits per heavy atom. The van der Waals surface area contributed by atoms with Crippen molar-refractivity contribution >= 4 is 58.1 Å². The Bertz CT molecular complexity index is 955. The molecule has 0 aliphatic carbocycles. The number of carbonyl (C=O) groups is 1. The first-order chi connectivity index (χ1) is 12.1. The lowest BCUT2D eigenvalue weighted by Gasteiger charge is -2.02. The summed E-state index contributed by atoms with van der Waals surface area (Å²) in [7, 11) is 1.93. The van der Waals surface area contributed by atoms with Crippen molar-refractivity contribution in [2.24, 2.45) is 12.1 Å². The minimum absolute atomic E-state index is 0.206. The highest BCUT2D eigenvalue weighted by Crippen LogP contribution is 2.24. The highest BCUT2D eigenvalue weighted by Gasteiger charge is 2.10. The number of para-hydroxylation sites is 2. The molecule has 0 aliphatic rings. The molecule has 8 heteroatoms. The van der Waals surface area contributed by atoms with E-state index in [1.807, 2.05) is 35.9 Å². The number of aromatic nitrogens is 2. The largest absolute Gasteiger partial charge is 0.322 e. The van der Waals surface area contributed by atoms with Gasteiger partial charge in [-0.15, -0.1) is 0 Å². The number of thioether (sulfide) groups is 1. The first-order valence-electron chi connectivity index (χ1n) is 7.36. The lowest BCUT2D eigenvalue weighted by Crippen LogP contribution is -2.19. The van der Waals surface area contributed by atoms with Crippen molar-refractivity contribution in [2.75, 3.05) is 5.75 Å². The van der Waals surface area contributed by atoms with Crippen LogP contribution in [0.1, 0.15) is 5.56 Å². The third kappa shape index (κ3) is 4.15. The van der Waals surface area contributed by atoms with Gasteiger partial charge in [0.25, 0.3) is 5.91 Å². The van der Waals surface area contributed by atoms with Gasteiger partial charge in [0.1, 0.15) is 0 Å². The van der Waals surface area contributed by atoms with Gasteiger partial charge in [-0.3, -0.25) is 4.79 Å². The number of benzene rings is 2. The maximum atomic E-state index is 11.9. The Morgan fingerprint density at radius 3 is 2.88 bits per heavy atom. The van der Waals surface area contributed by atoms with Crippen LogP contribution in [0.25, 0.3) is 11.0 Å². The highest BCUT2D eigenvalue weighted by molar-refractivity contribution is 7.99. The standard InChI is InChI=1S/C17H14Cl2N4OS/c1-23-14-8-3-2-7-13(14)21-17(23)25-10-15(24)22-20-9-11-5-4-6-12(18)16(11)19/h2-9H,10H2,1H3,(H,22,24)/b20-9-. The van der Waals surface area contributed by atoms with Gasteiger partial charge in [0.15, 0.2) is 5.16 Å². The zero-order chi connectivity index (χ0) is 17.8. The lowest BCUT2D eigenvalue weighted by atomic mass is 10.2. The number of rotatable bonds is 5. The van der Waals surface area contributed by atoms with Crippen molar-refractivity contribution in [2.45, 2.75) is 5.16 Å². The molecule has 0 bridgehead atoms. The average Bonchev–Trinajstić information content (AvgIpc) is 2.93. The lowest BCUT2D eigenvalue weighted by molar-refractivity contribution is -0.118. The van der Waals surface area contributed by atoms with Gasteiger partial charge in [-0.2, -0.15) is 5.10 Å². The number of hydrogen-bond acceptors (Lipinski definition) is 4. The van der Waals surface area contributed by atoms with Crippen LogP contribution >= 0.6 is 35.0 Å². The number of nitrogens with zero attached hydrogens (tertiary/aromatic N) is 3. The van der Waals surface area contributed by atoms with Crippen molar-refractivity contribution in [3.63, 3.8) is 0 Å². The van der Waals surface area contributed by atoms with Crippen LogP contribution in [0.15, 0.2) is 52.7 Å². The van der Waals surface area contributed by atoms with Crippen LogP contribution < -0.4 is 5.43 Å². The zero-order valence-corrected chi connectivity index (χ0v) is 15.6. The molecular formula is C17H14Cl2N4OS. The summed E-state index contributed by atoms with van der Waals surface area (Å²) in [6.45, 7) is 0. The van der Waals surface area contributed by atoms with Crippen molar-refractivity contribution in [3.8, 4) is 0 Å². The van der Waals surface area contributed by atoms with E-state index in [1.54, 1.807) is 18.2 Å². The number of amides is 1. The SMILES string of the molecule is Cn1c(SCC(=O)N/N=C\c2cccc(Cl)c2Cl)nc2ccccc21. The van der Waals surface area contributed by atoms with Crippen LogP contribution in [0.2, 0.25) is 10.0 Å².